The van der Waals surface area contributed by atoms with E-state index < -0.39 is 0 Å². The highest BCUT2D eigenvalue weighted by Gasteiger charge is 2.23. The van der Waals surface area contributed by atoms with Gasteiger partial charge in [0.05, 0.1) is 28.1 Å². The van der Waals surface area contributed by atoms with E-state index >= 15 is 0 Å². The van der Waals surface area contributed by atoms with E-state index in [1.165, 1.54) is 12.8 Å². The summed E-state index contributed by atoms with van der Waals surface area (Å²) in [5, 5.41) is 14.6. The van der Waals surface area contributed by atoms with Crippen LogP contribution in [-0.2, 0) is 0 Å². The maximum absolute atomic E-state index is 10.3. The monoisotopic (exact) mass is 487 g/mol. The number of aliphatic hydroxyl groups excluding tert-OH is 1. The van der Waals surface area contributed by atoms with Crippen LogP contribution in [0.2, 0.25) is 0 Å². The van der Waals surface area contributed by atoms with Gasteiger partial charge in [-0.15, -0.1) is 0 Å². The van der Waals surface area contributed by atoms with Crippen molar-refractivity contribution in [3.63, 3.8) is 0 Å². The van der Waals surface area contributed by atoms with E-state index in [1.54, 1.807) is 17.5 Å². The molecule has 0 bridgehead atoms. The van der Waals surface area contributed by atoms with Gasteiger partial charge < -0.3 is 20.1 Å². The van der Waals surface area contributed by atoms with E-state index in [0.29, 0.717) is 0 Å². The zero-order valence-electron chi connectivity index (χ0n) is 19.6. The Labute approximate surface area is 208 Å². The number of aromatic nitrogens is 3. The molecule has 1 saturated carbocycles. The molecule has 1 saturated heterocycles. The number of ether oxygens (including phenoxy) is 1. The standard InChI is InChI=1S/C27H29N5O2S/c33-24-6-2-1-5-21(24)30-27-31-22-8-7-19(17-25(22)35-27)34-20-10-12-28-23(16-20)18-9-11-29-26(15-18)32-13-3-4-14-32/h7-12,15-17,21,24,33H,1-6,13-14H2,(H,30,31)/t21-,24-/m1/s1. The van der Waals surface area contributed by atoms with Gasteiger partial charge in [0.15, 0.2) is 5.13 Å². The fourth-order valence-electron chi connectivity index (χ4n) is 4.93. The molecule has 6 rings (SSSR count). The zero-order valence-corrected chi connectivity index (χ0v) is 20.4. The van der Waals surface area contributed by atoms with Gasteiger partial charge in [-0.2, -0.15) is 0 Å². The first-order chi connectivity index (χ1) is 17.2. The Morgan fingerprint density at radius 3 is 2.63 bits per heavy atom. The Balaban J connectivity index is 1.19. The van der Waals surface area contributed by atoms with Gasteiger partial charge in [0, 0.05) is 43.2 Å². The third-order valence-corrected chi connectivity index (χ3v) is 7.79. The van der Waals surface area contributed by atoms with Gasteiger partial charge in [0.2, 0.25) is 0 Å². The van der Waals surface area contributed by atoms with Crippen molar-refractivity contribution in [2.24, 2.45) is 0 Å². The molecule has 35 heavy (non-hydrogen) atoms. The summed E-state index contributed by atoms with van der Waals surface area (Å²) in [6, 6.07) is 14.0. The molecule has 0 amide bonds. The maximum atomic E-state index is 10.3. The van der Waals surface area contributed by atoms with Gasteiger partial charge in [-0.05, 0) is 56.0 Å². The van der Waals surface area contributed by atoms with E-state index in [1.807, 2.05) is 42.6 Å². The average molecular weight is 488 g/mol. The second-order valence-corrected chi connectivity index (χ2v) is 10.4. The Bertz CT molecular complexity index is 1320. The molecule has 0 radical (unpaired) electrons. The van der Waals surface area contributed by atoms with Crippen molar-refractivity contribution in [2.45, 2.75) is 50.7 Å². The van der Waals surface area contributed by atoms with E-state index in [2.05, 4.69) is 26.3 Å². The summed E-state index contributed by atoms with van der Waals surface area (Å²) in [4.78, 5) is 16.2. The molecule has 4 heterocycles. The van der Waals surface area contributed by atoms with Crippen LogP contribution in [-0.4, -0.2) is 45.3 Å². The normalized spacial score (nSPS) is 20.3. The van der Waals surface area contributed by atoms with Crippen molar-refractivity contribution < 1.29 is 9.84 Å². The summed E-state index contributed by atoms with van der Waals surface area (Å²) in [7, 11) is 0. The third kappa shape index (κ3) is 4.94. The van der Waals surface area contributed by atoms with E-state index in [4.69, 9.17) is 9.72 Å². The molecule has 1 aromatic carbocycles. The number of benzene rings is 1. The lowest BCUT2D eigenvalue weighted by molar-refractivity contribution is 0.116. The van der Waals surface area contributed by atoms with Gasteiger partial charge in [0.25, 0.3) is 0 Å². The lowest BCUT2D eigenvalue weighted by Gasteiger charge is -2.27. The number of aliphatic hydroxyl groups is 1. The van der Waals surface area contributed by atoms with Gasteiger partial charge in [-0.25, -0.2) is 9.97 Å². The molecule has 7 nitrogen and oxygen atoms in total. The molecule has 2 fully saturated rings. The van der Waals surface area contributed by atoms with Crippen LogP contribution >= 0.6 is 11.3 Å². The van der Waals surface area contributed by atoms with Crippen molar-refractivity contribution >= 4 is 32.5 Å². The fraction of sp³-hybridized carbons (Fsp3) is 0.370. The Morgan fingerprint density at radius 2 is 1.74 bits per heavy atom. The summed E-state index contributed by atoms with van der Waals surface area (Å²) < 4.78 is 7.26. The van der Waals surface area contributed by atoms with Crippen molar-refractivity contribution in [1.29, 1.82) is 0 Å². The fourth-order valence-corrected chi connectivity index (χ4v) is 5.89. The van der Waals surface area contributed by atoms with Crippen molar-refractivity contribution in [3.05, 3.63) is 54.9 Å². The smallest absolute Gasteiger partial charge is 0.184 e. The summed E-state index contributed by atoms with van der Waals surface area (Å²) in [5.74, 6) is 2.51. The van der Waals surface area contributed by atoms with Crippen molar-refractivity contribution in [3.8, 4) is 22.8 Å². The predicted octanol–water partition coefficient (Wildman–Crippen LogP) is 5.86. The predicted molar refractivity (Wildman–Crippen MR) is 140 cm³/mol. The molecule has 1 aliphatic carbocycles. The molecule has 8 heteroatoms. The van der Waals surface area contributed by atoms with Crippen LogP contribution in [0.4, 0.5) is 10.9 Å². The quantitative estimate of drug-likeness (QED) is 0.352. The molecule has 4 aromatic rings. The maximum Gasteiger partial charge on any atom is 0.184 e. The number of rotatable bonds is 6. The second kappa shape index (κ2) is 9.79. The first-order valence-electron chi connectivity index (χ1n) is 12.4. The van der Waals surface area contributed by atoms with Crippen LogP contribution in [0.15, 0.2) is 54.9 Å². The third-order valence-electron chi connectivity index (χ3n) is 6.84. The molecule has 2 N–H and O–H groups in total. The molecule has 2 atom stereocenters. The van der Waals surface area contributed by atoms with Crippen LogP contribution in [0.3, 0.4) is 0 Å². The molecule has 2 aliphatic rings. The Kier molecular flexibility index (Phi) is 6.22. The number of nitrogens with one attached hydrogen (secondary N) is 1. The summed E-state index contributed by atoms with van der Waals surface area (Å²) in [6.07, 6.45) is 9.84. The van der Waals surface area contributed by atoms with Gasteiger partial charge in [-0.3, -0.25) is 4.98 Å². The number of hydrogen-bond donors (Lipinski definition) is 2. The number of thiazole rings is 1. The van der Waals surface area contributed by atoms with Crippen LogP contribution in [0.25, 0.3) is 21.5 Å². The number of nitrogens with zero attached hydrogens (tertiary/aromatic N) is 4. The summed E-state index contributed by atoms with van der Waals surface area (Å²) >= 11 is 1.59. The van der Waals surface area contributed by atoms with Crippen LogP contribution in [0, 0.1) is 0 Å². The van der Waals surface area contributed by atoms with Crippen LogP contribution < -0.4 is 15.0 Å². The van der Waals surface area contributed by atoms with Gasteiger partial charge in [0.1, 0.15) is 17.3 Å². The highest BCUT2D eigenvalue weighted by molar-refractivity contribution is 7.22. The number of pyridine rings is 2. The molecule has 0 unspecified atom stereocenters. The second-order valence-electron chi connectivity index (χ2n) is 9.33. The lowest BCUT2D eigenvalue weighted by Crippen LogP contribution is -2.36. The van der Waals surface area contributed by atoms with Gasteiger partial charge in [-0.1, -0.05) is 24.2 Å². The van der Waals surface area contributed by atoms with Gasteiger partial charge >= 0.3 is 0 Å². The van der Waals surface area contributed by atoms with E-state index in [0.717, 1.165) is 82.7 Å². The van der Waals surface area contributed by atoms with Crippen LogP contribution in [0.5, 0.6) is 11.5 Å². The van der Waals surface area contributed by atoms with E-state index in [9.17, 15) is 5.11 Å². The van der Waals surface area contributed by atoms with Crippen molar-refractivity contribution in [2.75, 3.05) is 23.3 Å². The average Bonchev–Trinajstić information content (AvgIpc) is 3.56. The molecule has 180 valence electrons. The van der Waals surface area contributed by atoms with E-state index in [-0.39, 0.29) is 12.1 Å². The Hall–Kier alpha value is -3.23. The highest BCUT2D eigenvalue weighted by Crippen LogP contribution is 2.34. The topological polar surface area (TPSA) is 83.4 Å². The molecule has 0 spiro atoms. The molecule has 3 aromatic heterocycles. The lowest BCUT2D eigenvalue weighted by atomic mass is 9.93. The molecular weight excluding hydrogens is 458 g/mol. The minimum absolute atomic E-state index is 0.0782. The minimum atomic E-state index is -0.303. The Morgan fingerprint density at radius 1 is 0.914 bits per heavy atom. The van der Waals surface area contributed by atoms with Crippen molar-refractivity contribution in [1.82, 2.24) is 15.0 Å². The summed E-state index contributed by atoms with van der Waals surface area (Å²) in [6.45, 7) is 2.12. The summed E-state index contributed by atoms with van der Waals surface area (Å²) in [5.41, 5.74) is 2.82. The highest BCUT2D eigenvalue weighted by atomic mass is 32.1. The minimum Gasteiger partial charge on any atom is -0.457 e. The molecular formula is C27H29N5O2S. The molecule has 1 aliphatic heterocycles. The van der Waals surface area contributed by atoms with Crippen LogP contribution in [0.1, 0.15) is 38.5 Å². The first kappa shape index (κ1) is 22.2. The zero-order chi connectivity index (χ0) is 23.6. The largest absolute Gasteiger partial charge is 0.457 e. The number of fused-ring (bicyclic) bond motifs is 1. The number of hydrogen-bond acceptors (Lipinski definition) is 8. The SMILES string of the molecule is O[C@@H]1CCCC[C@H]1Nc1nc2ccc(Oc3ccnc(-c4ccnc(N5CCCC5)c4)c3)cc2s1. The number of anilines is 2. The first-order valence-corrected chi connectivity index (χ1v) is 13.2.